The van der Waals surface area contributed by atoms with Gasteiger partial charge in [0.05, 0.1) is 0 Å². The number of hydrogen-bond acceptors (Lipinski definition) is 4. The lowest BCUT2D eigenvalue weighted by Gasteiger charge is -2.11. The van der Waals surface area contributed by atoms with Gasteiger partial charge < -0.3 is 15.3 Å². The van der Waals surface area contributed by atoms with E-state index in [-0.39, 0.29) is 22.8 Å². The van der Waals surface area contributed by atoms with Crippen molar-refractivity contribution in [2.24, 2.45) is 0 Å². The fourth-order valence-electron chi connectivity index (χ4n) is 1.83. The van der Waals surface area contributed by atoms with E-state index < -0.39 is 5.78 Å². The summed E-state index contributed by atoms with van der Waals surface area (Å²) < 4.78 is 0. The quantitative estimate of drug-likeness (QED) is 0.544. The van der Waals surface area contributed by atoms with Crippen molar-refractivity contribution < 1.29 is 20.1 Å². The fourth-order valence-corrected chi connectivity index (χ4v) is 1.83. The Morgan fingerprint density at radius 2 is 1.82 bits per heavy atom. The molecule has 1 aromatic rings. The number of phenolic OH excluding ortho intramolecular Hbond substituents is 3. The molecular weight excluding hydrogens is 220 g/mol. The number of aromatic hydroxyl groups is 3. The van der Waals surface area contributed by atoms with Crippen molar-refractivity contribution >= 4 is 5.78 Å². The van der Waals surface area contributed by atoms with Crippen molar-refractivity contribution in [3.05, 3.63) is 17.2 Å². The molecule has 4 heteroatoms. The van der Waals surface area contributed by atoms with E-state index in [0.29, 0.717) is 12.0 Å². The maximum Gasteiger partial charge on any atom is 0.167 e. The summed E-state index contributed by atoms with van der Waals surface area (Å²) in [4.78, 5) is 11.3. The van der Waals surface area contributed by atoms with Crippen LogP contribution >= 0.6 is 0 Å². The van der Waals surface area contributed by atoms with E-state index in [1.165, 1.54) is 6.92 Å². The van der Waals surface area contributed by atoms with Crippen molar-refractivity contribution in [2.75, 3.05) is 0 Å². The van der Waals surface area contributed by atoms with E-state index in [0.717, 1.165) is 25.3 Å². The van der Waals surface area contributed by atoms with Crippen LogP contribution in [0.4, 0.5) is 0 Å². The summed E-state index contributed by atoms with van der Waals surface area (Å²) in [5, 5.41) is 29.0. The molecule has 0 aliphatic carbocycles. The van der Waals surface area contributed by atoms with Crippen LogP contribution in [0.2, 0.25) is 0 Å². The van der Waals surface area contributed by atoms with Crippen molar-refractivity contribution in [1.82, 2.24) is 0 Å². The smallest absolute Gasteiger partial charge is 0.167 e. The van der Waals surface area contributed by atoms with Gasteiger partial charge in [-0.2, -0.15) is 0 Å². The number of unbranched alkanes of at least 4 members (excludes halogenated alkanes) is 2. The van der Waals surface area contributed by atoms with Gasteiger partial charge in [0.2, 0.25) is 0 Å². The van der Waals surface area contributed by atoms with Gasteiger partial charge in [0.25, 0.3) is 0 Å². The number of ketones is 1. The van der Waals surface area contributed by atoms with Gasteiger partial charge in [-0.3, -0.25) is 4.79 Å². The normalized spacial score (nSPS) is 10.5. The first-order chi connectivity index (χ1) is 7.99. The van der Waals surface area contributed by atoms with Crippen molar-refractivity contribution in [3.8, 4) is 17.2 Å². The lowest BCUT2D eigenvalue weighted by molar-refractivity contribution is 0.101. The minimum atomic E-state index is -0.420. The molecule has 0 radical (unpaired) electrons. The summed E-state index contributed by atoms with van der Waals surface area (Å²) in [5.41, 5.74) is 0.218. The average molecular weight is 238 g/mol. The molecule has 4 nitrogen and oxygen atoms in total. The number of phenols is 3. The van der Waals surface area contributed by atoms with Crippen LogP contribution in [0, 0.1) is 0 Å². The Morgan fingerprint density at radius 3 is 2.35 bits per heavy atom. The molecule has 0 spiro atoms. The number of carbonyl (C=O) groups excluding carboxylic acids is 1. The first-order valence-electron chi connectivity index (χ1n) is 5.76. The third-order valence-electron chi connectivity index (χ3n) is 2.74. The molecule has 0 amide bonds. The molecule has 0 unspecified atom stereocenters. The summed E-state index contributed by atoms with van der Waals surface area (Å²) >= 11 is 0. The number of benzene rings is 1. The molecule has 17 heavy (non-hydrogen) atoms. The Kier molecular flexibility index (Phi) is 4.37. The minimum Gasteiger partial charge on any atom is -0.507 e. The number of Topliss-reactive ketones (excluding diaryl/α,β-unsaturated/α-hetero) is 1. The molecule has 0 aliphatic rings. The minimum absolute atomic E-state index is 0.116. The molecule has 0 aliphatic heterocycles. The molecule has 3 N–H and O–H groups in total. The van der Waals surface area contributed by atoms with Gasteiger partial charge in [0.1, 0.15) is 22.8 Å². The van der Waals surface area contributed by atoms with Gasteiger partial charge in [-0.05, 0) is 19.8 Å². The third-order valence-corrected chi connectivity index (χ3v) is 2.74. The Balaban J connectivity index is 3.12. The van der Waals surface area contributed by atoms with E-state index in [9.17, 15) is 20.1 Å². The summed E-state index contributed by atoms with van der Waals surface area (Å²) in [7, 11) is 0. The summed E-state index contributed by atoms with van der Waals surface area (Å²) in [6.45, 7) is 3.32. The van der Waals surface area contributed by atoms with E-state index >= 15 is 0 Å². The largest absolute Gasteiger partial charge is 0.507 e. The first-order valence-corrected chi connectivity index (χ1v) is 5.76. The van der Waals surface area contributed by atoms with Gasteiger partial charge in [-0.15, -0.1) is 0 Å². The molecule has 0 heterocycles. The van der Waals surface area contributed by atoms with Crippen molar-refractivity contribution in [1.29, 1.82) is 0 Å². The highest BCUT2D eigenvalue weighted by Crippen LogP contribution is 2.38. The van der Waals surface area contributed by atoms with Crippen LogP contribution in [0.5, 0.6) is 17.2 Å². The Labute approximate surface area is 101 Å². The van der Waals surface area contributed by atoms with Crippen LogP contribution in [-0.2, 0) is 6.42 Å². The van der Waals surface area contributed by atoms with Crippen molar-refractivity contribution in [2.45, 2.75) is 39.5 Å². The SMILES string of the molecule is CCCCCc1c(O)cc(O)c(C(C)=O)c1O. The van der Waals surface area contributed by atoms with Gasteiger partial charge in [0.15, 0.2) is 5.78 Å². The van der Waals surface area contributed by atoms with Gasteiger partial charge in [0, 0.05) is 11.6 Å². The van der Waals surface area contributed by atoms with E-state index in [1.807, 2.05) is 0 Å². The number of carbonyl (C=O) groups is 1. The third kappa shape index (κ3) is 2.90. The predicted molar refractivity (Wildman–Crippen MR) is 64.7 cm³/mol. The maximum atomic E-state index is 11.3. The van der Waals surface area contributed by atoms with Crippen LogP contribution < -0.4 is 0 Å². The zero-order valence-electron chi connectivity index (χ0n) is 10.2. The molecule has 0 aromatic heterocycles. The molecule has 0 atom stereocenters. The first kappa shape index (κ1) is 13.4. The highest BCUT2D eigenvalue weighted by atomic mass is 16.3. The zero-order chi connectivity index (χ0) is 13.0. The molecule has 0 fully saturated rings. The van der Waals surface area contributed by atoms with E-state index in [1.54, 1.807) is 0 Å². The van der Waals surface area contributed by atoms with E-state index in [4.69, 9.17) is 0 Å². The van der Waals surface area contributed by atoms with Gasteiger partial charge in [-0.1, -0.05) is 19.8 Å². The Bertz CT molecular complexity index is 424. The Hall–Kier alpha value is -1.71. The summed E-state index contributed by atoms with van der Waals surface area (Å²) in [5.74, 6) is -1.27. The fraction of sp³-hybridized carbons (Fsp3) is 0.462. The molecule has 0 saturated carbocycles. The molecule has 94 valence electrons. The molecular formula is C13H18O4. The average Bonchev–Trinajstić information content (AvgIpc) is 2.21. The standard InChI is InChI=1S/C13H18O4/c1-3-4-5-6-9-10(15)7-11(16)12(8(2)14)13(9)17/h7,15-17H,3-6H2,1-2H3. The zero-order valence-corrected chi connectivity index (χ0v) is 10.2. The predicted octanol–water partition coefficient (Wildman–Crippen LogP) is 2.74. The van der Waals surface area contributed by atoms with Crippen molar-refractivity contribution in [3.63, 3.8) is 0 Å². The topological polar surface area (TPSA) is 77.8 Å². The molecule has 0 saturated heterocycles. The van der Waals surface area contributed by atoms with Crippen LogP contribution in [0.3, 0.4) is 0 Å². The Morgan fingerprint density at radius 1 is 1.18 bits per heavy atom. The number of hydrogen-bond donors (Lipinski definition) is 3. The second-order valence-corrected chi connectivity index (χ2v) is 4.13. The maximum absolute atomic E-state index is 11.3. The molecule has 1 aromatic carbocycles. The van der Waals surface area contributed by atoms with Crippen LogP contribution in [-0.4, -0.2) is 21.1 Å². The van der Waals surface area contributed by atoms with Crippen LogP contribution in [0.25, 0.3) is 0 Å². The van der Waals surface area contributed by atoms with Crippen LogP contribution in [0.1, 0.15) is 49.0 Å². The second kappa shape index (κ2) is 5.57. The second-order valence-electron chi connectivity index (χ2n) is 4.13. The van der Waals surface area contributed by atoms with Gasteiger partial charge in [-0.25, -0.2) is 0 Å². The summed E-state index contributed by atoms with van der Waals surface area (Å²) in [6.07, 6.45) is 3.32. The highest BCUT2D eigenvalue weighted by Gasteiger charge is 2.19. The lowest BCUT2D eigenvalue weighted by Crippen LogP contribution is -1.98. The monoisotopic (exact) mass is 238 g/mol. The van der Waals surface area contributed by atoms with Crippen LogP contribution in [0.15, 0.2) is 6.07 Å². The number of rotatable bonds is 5. The summed E-state index contributed by atoms with van der Waals surface area (Å²) in [6, 6.07) is 1.11. The molecule has 0 bridgehead atoms. The lowest BCUT2D eigenvalue weighted by atomic mass is 9.99. The molecule has 1 rings (SSSR count). The van der Waals surface area contributed by atoms with Gasteiger partial charge >= 0.3 is 0 Å². The highest BCUT2D eigenvalue weighted by molar-refractivity contribution is 6.00. The van der Waals surface area contributed by atoms with E-state index in [2.05, 4.69) is 6.92 Å².